The Bertz CT molecular complexity index is 332. The van der Waals surface area contributed by atoms with Gasteiger partial charge in [0, 0.05) is 24.4 Å². The van der Waals surface area contributed by atoms with Gasteiger partial charge in [-0.1, -0.05) is 6.92 Å². The highest BCUT2D eigenvalue weighted by molar-refractivity contribution is 5.94. The summed E-state index contributed by atoms with van der Waals surface area (Å²) in [6.07, 6.45) is 0.804. The lowest BCUT2D eigenvalue weighted by Gasteiger charge is -2.12. The van der Waals surface area contributed by atoms with Crippen LogP contribution in [0.2, 0.25) is 0 Å². The quantitative estimate of drug-likeness (QED) is 0.725. The van der Waals surface area contributed by atoms with Crippen LogP contribution in [0.1, 0.15) is 30.6 Å². The molecule has 16 heavy (non-hydrogen) atoms. The van der Waals surface area contributed by atoms with Crippen LogP contribution < -0.4 is 5.32 Å². The number of aliphatic hydroxyl groups excluding tert-OH is 1. The lowest BCUT2D eigenvalue weighted by Crippen LogP contribution is -2.12. The summed E-state index contributed by atoms with van der Waals surface area (Å²) in [7, 11) is 0. The van der Waals surface area contributed by atoms with E-state index in [0.29, 0.717) is 5.92 Å². The average molecular weight is 221 g/mol. The molecule has 1 rings (SSSR count). The molecule has 0 aliphatic rings. The topological polar surface area (TPSA) is 49.3 Å². The normalized spacial score (nSPS) is 12.2. The molecule has 88 valence electrons. The maximum Gasteiger partial charge on any atom is 0.159 e. The molecule has 0 fully saturated rings. The molecule has 0 bridgehead atoms. The first-order chi connectivity index (χ1) is 7.63. The van der Waals surface area contributed by atoms with Crippen LogP contribution in [-0.2, 0) is 0 Å². The largest absolute Gasteiger partial charge is 0.396 e. The molecule has 0 aliphatic heterocycles. The summed E-state index contributed by atoms with van der Waals surface area (Å²) in [4.78, 5) is 11.1. The third-order valence-corrected chi connectivity index (χ3v) is 2.57. The number of anilines is 1. The number of ketones is 1. The average Bonchev–Trinajstić information content (AvgIpc) is 2.27. The van der Waals surface area contributed by atoms with Crippen LogP contribution in [0, 0.1) is 5.92 Å². The van der Waals surface area contributed by atoms with E-state index in [9.17, 15) is 4.79 Å². The van der Waals surface area contributed by atoms with E-state index in [1.165, 1.54) is 0 Å². The third kappa shape index (κ3) is 4.03. The SMILES string of the molecule is CC(=O)c1ccc(NCC(C)CCO)cc1. The number of benzene rings is 1. The predicted molar refractivity (Wildman–Crippen MR) is 65.8 cm³/mol. The molecule has 1 aromatic carbocycles. The van der Waals surface area contributed by atoms with Gasteiger partial charge in [-0.05, 0) is 43.5 Å². The number of hydrogen-bond acceptors (Lipinski definition) is 3. The molecule has 0 saturated carbocycles. The van der Waals surface area contributed by atoms with Crippen molar-refractivity contribution in [2.75, 3.05) is 18.5 Å². The standard InChI is InChI=1S/C13H19NO2/c1-10(7-8-15)9-14-13-5-3-12(4-6-13)11(2)16/h3-6,10,14-15H,7-9H2,1-2H3. The molecule has 0 saturated heterocycles. The second kappa shape index (κ2) is 6.28. The van der Waals surface area contributed by atoms with E-state index >= 15 is 0 Å². The Balaban J connectivity index is 2.46. The Labute approximate surface area is 96.5 Å². The van der Waals surface area contributed by atoms with Crippen molar-refractivity contribution in [1.29, 1.82) is 0 Å². The van der Waals surface area contributed by atoms with Crippen LogP contribution in [-0.4, -0.2) is 24.0 Å². The van der Waals surface area contributed by atoms with Gasteiger partial charge in [0.1, 0.15) is 0 Å². The Kier molecular flexibility index (Phi) is 4.99. The second-order valence-corrected chi connectivity index (χ2v) is 4.13. The van der Waals surface area contributed by atoms with Crippen molar-refractivity contribution in [2.45, 2.75) is 20.3 Å². The van der Waals surface area contributed by atoms with Crippen LogP contribution in [0.25, 0.3) is 0 Å². The number of carbonyl (C=O) groups excluding carboxylic acids is 1. The number of Topliss-reactive ketones (excluding diaryl/α,β-unsaturated/α-hetero) is 1. The molecule has 0 spiro atoms. The molecule has 2 N–H and O–H groups in total. The predicted octanol–water partition coefficient (Wildman–Crippen LogP) is 2.32. The molecule has 1 unspecified atom stereocenters. The van der Waals surface area contributed by atoms with E-state index in [4.69, 9.17) is 5.11 Å². The maximum atomic E-state index is 11.1. The molecule has 0 heterocycles. The zero-order valence-electron chi connectivity index (χ0n) is 9.86. The van der Waals surface area contributed by atoms with Crippen LogP contribution >= 0.6 is 0 Å². The van der Waals surface area contributed by atoms with Gasteiger partial charge >= 0.3 is 0 Å². The summed E-state index contributed by atoms with van der Waals surface area (Å²) < 4.78 is 0. The van der Waals surface area contributed by atoms with Crippen molar-refractivity contribution < 1.29 is 9.90 Å². The van der Waals surface area contributed by atoms with Crippen LogP contribution in [0.15, 0.2) is 24.3 Å². The molecule has 3 heteroatoms. The lowest BCUT2D eigenvalue weighted by atomic mass is 10.1. The fourth-order valence-corrected chi connectivity index (χ4v) is 1.44. The number of nitrogens with one attached hydrogen (secondary N) is 1. The Hall–Kier alpha value is -1.35. The molecular formula is C13H19NO2. The van der Waals surface area contributed by atoms with Crippen molar-refractivity contribution in [3.05, 3.63) is 29.8 Å². The fourth-order valence-electron chi connectivity index (χ4n) is 1.44. The van der Waals surface area contributed by atoms with Crippen LogP contribution in [0.5, 0.6) is 0 Å². The third-order valence-electron chi connectivity index (χ3n) is 2.57. The van der Waals surface area contributed by atoms with E-state index < -0.39 is 0 Å². The van der Waals surface area contributed by atoms with Crippen LogP contribution in [0.4, 0.5) is 5.69 Å². The number of hydrogen-bond donors (Lipinski definition) is 2. The van der Waals surface area contributed by atoms with Gasteiger partial charge in [0.15, 0.2) is 5.78 Å². The van der Waals surface area contributed by atoms with E-state index in [1.807, 2.05) is 24.3 Å². The molecule has 0 radical (unpaired) electrons. The minimum absolute atomic E-state index is 0.0835. The van der Waals surface area contributed by atoms with E-state index in [2.05, 4.69) is 12.2 Å². The van der Waals surface area contributed by atoms with Gasteiger partial charge in [-0.25, -0.2) is 0 Å². The number of carbonyl (C=O) groups is 1. The van der Waals surface area contributed by atoms with Gasteiger partial charge in [0.2, 0.25) is 0 Å². The summed E-state index contributed by atoms with van der Waals surface area (Å²) >= 11 is 0. The monoisotopic (exact) mass is 221 g/mol. The van der Waals surface area contributed by atoms with Gasteiger partial charge in [-0.3, -0.25) is 4.79 Å². The van der Waals surface area contributed by atoms with Gasteiger partial charge in [-0.15, -0.1) is 0 Å². The summed E-state index contributed by atoms with van der Waals surface area (Å²) in [6, 6.07) is 7.45. The van der Waals surface area contributed by atoms with E-state index in [1.54, 1.807) is 6.92 Å². The molecular weight excluding hydrogens is 202 g/mol. The summed E-state index contributed by atoms with van der Waals surface area (Å²) in [6.45, 7) is 4.71. The minimum atomic E-state index is 0.0835. The van der Waals surface area contributed by atoms with Crippen LogP contribution in [0.3, 0.4) is 0 Å². The van der Waals surface area contributed by atoms with Gasteiger partial charge in [0.05, 0.1) is 0 Å². The smallest absolute Gasteiger partial charge is 0.159 e. The first-order valence-corrected chi connectivity index (χ1v) is 5.59. The second-order valence-electron chi connectivity index (χ2n) is 4.13. The zero-order chi connectivity index (χ0) is 12.0. The molecule has 0 aliphatic carbocycles. The Morgan fingerprint density at radius 1 is 1.38 bits per heavy atom. The zero-order valence-corrected chi connectivity index (χ0v) is 9.86. The Morgan fingerprint density at radius 3 is 2.50 bits per heavy atom. The number of rotatable bonds is 6. The molecule has 0 aromatic heterocycles. The maximum absolute atomic E-state index is 11.1. The van der Waals surface area contributed by atoms with Gasteiger partial charge < -0.3 is 10.4 Å². The first-order valence-electron chi connectivity index (χ1n) is 5.59. The van der Waals surface area contributed by atoms with Crippen molar-refractivity contribution in [3.63, 3.8) is 0 Å². The lowest BCUT2D eigenvalue weighted by molar-refractivity contribution is 0.101. The highest BCUT2D eigenvalue weighted by Gasteiger charge is 2.02. The molecule has 1 atom stereocenters. The first kappa shape index (κ1) is 12.7. The van der Waals surface area contributed by atoms with Gasteiger partial charge in [0.25, 0.3) is 0 Å². The molecule has 1 aromatic rings. The highest BCUT2D eigenvalue weighted by atomic mass is 16.3. The fraction of sp³-hybridized carbons (Fsp3) is 0.462. The Morgan fingerprint density at radius 2 is 2.00 bits per heavy atom. The van der Waals surface area contributed by atoms with Crippen molar-refractivity contribution >= 4 is 11.5 Å². The van der Waals surface area contributed by atoms with E-state index in [-0.39, 0.29) is 12.4 Å². The van der Waals surface area contributed by atoms with Crippen molar-refractivity contribution in [2.24, 2.45) is 5.92 Å². The summed E-state index contributed by atoms with van der Waals surface area (Å²) in [5, 5.41) is 12.0. The van der Waals surface area contributed by atoms with Crippen molar-refractivity contribution in [1.82, 2.24) is 0 Å². The molecule has 3 nitrogen and oxygen atoms in total. The highest BCUT2D eigenvalue weighted by Crippen LogP contribution is 2.11. The van der Waals surface area contributed by atoms with E-state index in [0.717, 1.165) is 24.2 Å². The number of aliphatic hydroxyl groups is 1. The summed E-state index contributed by atoms with van der Waals surface area (Å²) in [5.41, 5.74) is 1.74. The summed E-state index contributed by atoms with van der Waals surface area (Å²) in [5.74, 6) is 0.526. The van der Waals surface area contributed by atoms with Crippen molar-refractivity contribution in [3.8, 4) is 0 Å². The minimum Gasteiger partial charge on any atom is -0.396 e. The van der Waals surface area contributed by atoms with Gasteiger partial charge in [-0.2, -0.15) is 0 Å². The molecule has 0 amide bonds.